The van der Waals surface area contributed by atoms with E-state index in [0.29, 0.717) is 0 Å². The minimum absolute atomic E-state index is 0.0838. The molecule has 0 radical (unpaired) electrons. The molecule has 0 aliphatic heterocycles. The molecular weight excluding hydrogens is 224 g/mol. The first-order valence-corrected chi connectivity index (χ1v) is 6.46. The fourth-order valence-corrected chi connectivity index (χ4v) is 1.35. The van der Waals surface area contributed by atoms with Crippen molar-refractivity contribution >= 4 is 25.3 Å². The molecule has 2 N–H and O–H groups in total. The maximum atomic E-state index is 4.45. The van der Waals surface area contributed by atoms with Crippen molar-refractivity contribution in [2.75, 3.05) is 26.2 Å². The molecule has 0 bridgehead atoms. The normalized spacial score (nSPS) is 13.2. The van der Waals surface area contributed by atoms with E-state index in [1.807, 2.05) is 0 Å². The van der Waals surface area contributed by atoms with E-state index in [2.05, 4.69) is 63.6 Å². The number of thiol groups is 2. The van der Waals surface area contributed by atoms with Crippen LogP contribution in [0, 0.1) is 0 Å². The molecule has 0 rings (SSSR count). The summed E-state index contributed by atoms with van der Waals surface area (Å²) in [4.78, 5) is 0. The summed E-state index contributed by atoms with van der Waals surface area (Å²) in [5.41, 5.74) is 0. The molecule has 0 amide bonds. The topological polar surface area (TPSA) is 24.1 Å². The van der Waals surface area contributed by atoms with Crippen LogP contribution in [0.1, 0.15) is 34.1 Å². The van der Waals surface area contributed by atoms with Gasteiger partial charge in [-0.3, -0.25) is 0 Å². The van der Waals surface area contributed by atoms with Crippen molar-refractivity contribution in [1.29, 1.82) is 0 Å². The summed E-state index contributed by atoms with van der Waals surface area (Å²) < 4.78 is 0.168. The van der Waals surface area contributed by atoms with Crippen LogP contribution < -0.4 is 10.6 Å². The van der Waals surface area contributed by atoms with Gasteiger partial charge in [0.25, 0.3) is 0 Å². The highest BCUT2D eigenvalue weighted by Crippen LogP contribution is 2.09. The van der Waals surface area contributed by atoms with Crippen LogP contribution in [0.5, 0.6) is 0 Å². The van der Waals surface area contributed by atoms with Crippen molar-refractivity contribution in [2.45, 2.75) is 43.6 Å². The van der Waals surface area contributed by atoms with Crippen LogP contribution in [0.2, 0.25) is 0 Å². The lowest BCUT2D eigenvalue weighted by Gasteiger charge is -2.19. The van der Waals surface area contributed by atoms with Crippen LogP contribution in [0.3, 0.4) is 0 Å². The zero-order chi connectivity index (χ0) is 11.9. The Labute approximate surface area is 106 Å². The Kier molecular flexibility index (Phi) is 7.34. The second kappa shape index (κ2) is 7.05. The van der Waals surface area contributed by atoms with Gasteiger partial charge in [0.05, 0.1) is 0 Å². The predicted octanol–water partition coefficient (Wildman–Crippen LogP) is 1.97. The first kappa shape index (κ1) is 15.6. The van der Waals surface area contributed by atoms with Crippen molar-refractivity contribution in [3.05, 3.63) is 0 Å². The average molecular weight is 250 g/mol. The summed E-state index contributed by atoms with van der Waals surface area (Å²) in [5, 5.41) is 6.77. The fraction of sp³-hybridized carbons (Fsp3) is 1.00. The molecule has 0 aromatic rings. The first-order chi connectivity index (χ1) is 6.71. The van der Waals surface area contributed by atoms with Gasteiger partial charge in [-0.15, -0.1) is 0 Å². The van der Waals surface area contributed by atoms with Crippen LogP contribution in [0.4, 0.5) is 0 Å². The van der Waals surface area contributed by atoms with E-state index in [-0.39, 0.29) is 9.49 Å². The summed E-state index contributed by atoms with van der Waals surface area (Å²) in [7, 11) is 0. The van der Waals surface area contributed by atoms with E-state index in [4.69, 9.17) is 0 Å². The lowest BCUT2D eigenvalue weighted by Crippen LogP contribution is -2.34. The van der Waals surface area contributed by atoms with E-state index in [1.54, 1.807) is 0 Å². The third kappa shape index (κ3) is 14.6. The molecule has 0 unspecified atom stereocenters. The molecule has 4 heteroatoms. The minimum Gasteiger partial charge on any atom is -0.315 e. The molecule has 15 heavy (non-hydrogen) atoms. The molecule has 0 aromatic carbocycles. The van der Waals surface area contributed by atoms with Crippen molar-refractivity contribution in [3.63, 3.8) is 0 Å². The molecule has 0 spiro atoms. The van der Waals surface area contributed by atoms with E-state index in [0.717, 1.165) is 32.6 Å². The summed E-state index contributed by atoms with van der Waals surface area (Å²) in [6, 6.07) is 0. The van der Waals surface area contributed by atoms with Gasteiger partial charge >= 0.3 is 0 Å². The van der Waals surface area contributed by atoms with Gasteiger partial charge in [0.2, 0.25) is 0 Å². The summed E-state index contributed by atoms with van der Waals surface area (Å²) in [6.45, 7) is 12.5. The van der Waals surface area contributed by atoms with Crippen molar-refractivity contribution in [1.82, 2.24) is 10.6 Å². The second-order valence-electron chi connectivity index (χ2n) is 5.33. The lowest BCUT2D eigenvalue weighted by molar-refractivity contribution is 0.539. The Morgan fingerprint density at radius 3 is 1.40 bits per heavy atom. The van der Waals surface area contributed by atoms with Gasteiger partial charge in [-0.1, -0.05) is 0 Å². The Morgan fingerprint density at radius 1 is 0.800 bits per heavy atom. The second-order valence-corrected chi connectivity index (χ2v) is 7.75. The number of hydrogen-bond donors (Lipinski definition) is 4. The summed E-state index contributed by atoms with van der Waals surface area (Å²) in [5.74, 6) is 0. The molecule has 0 saturated carbocycles. The fourth-order valence-electron chi connectivity index (χ4n) is 1.13. The van der Waals surface area contributed by atoms with Crippen LogP contribution in [0.25, 0.3) is 0 Å². The van der Waals surface area contributed by atoms with Gasteiger partial charge in [0.1, 0.15) is 0 Å². The highest BCUT2D eigenvalue weighted by molar-refractivity contribution is 7.82. The maximum absolute atomic E-state index is 4.45. The van der Waals surface area contributed by atoms with Gasteiger partial charge in [0, 0.05) is 22.6 Å². The van der Waals surface area contributed by atoms with Gasteiger partial charge in [-0.05, 0) is 47.2 Å². The first-order valence-electron chi connectivity index (χ1n) is 5.57. The molecule has 2 nitrogen and oxygen atoms in total. The molecular formula is C11H26N2S2. The lowest BCUT2D eigenvalue weighted by atomic mass is 10.2. The third-order valence-corrected chi connectivity index (χ3v) is 2.14. The molecule has 0 aliphatic carbocycles. The quantitative estimate of drug-likeness (QED) is 0.391. The van der Waals surface area contributed by atoms with E-state index >= 15 is 0 Å². The van der Waals surface area contributed by atoms with Crippen molar-refractivity contribution in [2.24, 2.45) is 0 Å². The Balaban J connectivity index is 3.20. The van der Waals surface area contributed by atoms with E-state index < -0.39 is 0 Å². The Hall–Kier alpha value is 0.620. The number of hydrogen-bond acceptors (Lipinski definition) is 4. The zero-order valence-electron chi connectivity index (χ0n) is 10.4. The van der Waals surface area contributed by atoms with Gasteiger partial charge in [-0.25, -0.2) is 0 Å². The predicted molar refractivity (Wildman–Crippen MR) is 76.5 cm³/mol. The molecule has 0 saturated heterocycles. The van der Waals surface area contributed by atoms with Crippen LogP contribution in [-0.2, 0) is 0 Å². The van der Waals surface area contributed by atoms with Crippen LogP contribution in [0.15, 0.2) is 0 Å². The van der Waals surface area contributed by atoms with Crippen LogP contribution in [-0.4, -0.2) is 35.7 Å². The molecule has 0 aliphatic rings. The van der Waals surface area contributed by atoms with E-state index in [9.17, 15) is 0 Å². The Bertz CT molecular complexity index is 141. The van der Waals surface area contributed by atoms with Gasteiger partial charge in [0.15, 0.2) is 0 Å². The number of nitrogens with one attached hydrogen (secondary N) is 2. The maximum Gasteiger partial charge on any atom is 0.0198 e. The molecule has 0 fully saturated rings. The van der Waals surface area contributed by atoms with Gasteiger partial charge in [-0.2, -0.15) is 25.3 Å². The van der Waals surface area contributed by atoms with Crippen LogP contribution >= 0.6 is 25.3 Å². The molecule has 0 heterocycles. The van der Waals surface area contributed by atoms with E-state index in [1.165, 1.54) is 0 Å². The standard InChI is InChI=1S/C11H26N2S2/c1-10(2,14)8-12-6-5-7-13-9-11(3,4)15/h12-15H,5-9H2,1-4H3. The Morgan fingerprint density at radius 2 is 1.13 bits per heavy atom. The minimum atomic E-state index is 0.0838. The largest absolute Gasteiger partial charge is 0.315 e. The summed E-state index contributed by atoms with van der Waals surface area (Å²) in [6.07, 6.45) is 1.15. The van der Waals surface area contributed by atoms with Gasteiger partial charge < -0.3 is 10.6 Å². The highest BCUT2D eigenvalue weighted by atomic mass is 32.1. The van der Waals surface area contributed by atoms with Crippen molar-refractivity contribution < 1.29 is 0 Å². The molecule has 0 aromatic heterocycles. The monoisotopic (exact) mass is 250 g/mol. The SMILES string of the molecule is CC(C)(S)CNCCCNCC(C)(C)S. The van der Waals surface area contributed by atoms with Crippen molar-refractivity contribution in [3.8, 4) is 0 Å². The smallest absolute Gasteiger partial charge is 0.0198 e. The molecule has 0 atom stereocenters. The third-order valence-electron chi connectivity index (χ3n) is 1.82. The average Bonchev–Trinajstić information content (AvgIpc) is 1.98. The number of rotatable bonds is 8. The highest BCUT2D eigenvalue weighted by Gasteiger charge is 2.10. The zero-order valence-corrected chi connectivity index (χ0v) is 12.2. The summed E-state index contributed by atoms with van der Waals surface area (Å²) >= 11 is 8.90. The molecule has 92 valence electrons.